The van der Waals surface area contributed by atoms with Crippen LogP contribution in [-0.4, -0.2) is 35.4 Å². The molecule has 2 heterocycles. The van der Waals surface area contributed by atoms with Crippen LogP contribution in [-0.2, 0) is 16.8 Å². The van der Waals surface area contributed by atoms with Gasteiger partial charge in [0.25, 0.3) is 0 Å². The smallest absolute Gasteiger partial charge is 0.220 e. The lowest BCUT2D eigenvalue weighted by molar-refractivity contribution is -0.121. The summed E-state index contributed by atoms with van der Waals surface area (Å²) < 4.78 is 0. The highest BCUT2D eigenvalue weighted by molar-refractivity contribution is 5.77. The first-order chi connectivity index (χ1) is 14.2. The van der Waals surface area contributed by atoms with Crippen molar-refractivity contribution in [3.63, 3.8) is 0 Å². The van der Waals surface area contributed by atoms with E-state index in [1.165, 1.54) is 42.4 Å². The molecule has 1 N–H and O–H groups in total. The highest BCUT2D eigenvalue weighted by Crippen LogP contribution is 2.52. The topological polar surface area (TPSA) is 45.2 Å². The zero-order valence-corrected chi connectivity index (χ0v) is 17.1. The molecule has 0 bridgehead atoms. The molecule has 1 aromatic heterocycles. The molecule has 1 amide bonds. The van der Waals surface area contributed by atoms with Gasteiger partial charge in [0.15, 0.2) is 0 Å². The van der Waals surface area contributed by atoms with Gasteiger partial charge in [-0.1, -0.05) is 30.3 Å². The first-order valence-electron chi connectivity index (χ1n) is 11.2. The molecule has 2 aromatic rings. The number of nitrogens with zero attached hydrogens (tertiary/aromatic N) is 2. The highest BCUT2D eigenvalue weighted by atomic mass is 16.1. The van der Waals surface area contributed by atoms with Crippen molar-refractivity contribution >= 4 is 5.91 Å². The number of nitrogens with one attached hydrogen (secondary N) is 1. The van der Waals surface area contributed by atoms with Gasteiger partial charge in [0.2, 0.25) is 5.91 Å². The molecule has 1 saturated heterocycles. The fourth-order valence-corrected chi connectivity index (χ4v) is 5.45. The second kappa shape index (κ2) is 7.91. The minimum atomic E-state index is 0.239. The number of hydrogen-bond donors (Lipinski definition) is 1. The largest absolute Gasteiger partial charge is 0.356 e. The molecule has 3 aliphatic rings. The summed E-state index contributed by atoms with van der Waals surface area (Å²) in [6, 6.07) is 13.1. The second-order valence-corrected chi connectivity index (χ2v) is 9.36. The molecule has 4 nitrogen and oxygen atoms in total. The predicted octanol–water partition coefficient (Wildman–Crippen LogP) is 4.02. The summed E-state index contributed by atoms with van der Waals surface area (Å²) in [5.74, 6) is 1.35. The lowest BCUT2D eigenvalue weighted by Crippen LogP contribution is -2.41. The molecule has 152 valence electrons. The summed E-state index contributed by atoms with van der Waals surface area (Å²) in [4.78, 5) is 19.4. The Morgan fingerprint density at radius 3 is 2.72 bits per heavy atom. The van der Waals surface area contributed by atoms with Crippen molar-refractivity contribution in [3.05, 3.63) is 65.5 Å². The van der Waals surface area contributed by atoms with E-state index in [0.717, 1.165) is 38.5 Å². The van der Waals surface area contributed by atoms with Crippen LogP contribution in [0, 0.1) is 5.92 Å². The minimum absolute atomic E-state index is 0.239. The van der Waals surface area contributed by atoms with Gasteiger partial charge >= 0.3 is 0 Å². The normalized spacial score (nSPS) is 23.1. The number of carbonyl (C=O) groups is 1. The van der Waals surface area contributed by atoms with Gasteiger partial charge in [0, 0.05) is 31.9 Å². The summed E-state index contributed by atoms with van der Waals surface area (Å²) in [5.41, 5.74) is 4.49. The highest BCUT2D eigenvalue weighted by Gasteiger charge is 2.45. The number of amides is 1. The molecule has 2 aliphatic carbocycles. The molecule has 0 radical (unpaired) electrons. The second-order valence-electron chi connectivity index (χ2n) is 9.36. The molecule has 1 spiro atoms. The van der Waals surface area contributed by atoms with Crippen molar-refractivity contribution in [2.24, 2.45) is 5.92 Å². The van der Waals surface area contributed by atoms with Crippen LogP contribution in [0.1, 0.15) is 61.1 Å². The third-order valence-corrected chi connectivity index (χ3v) is 7.27. The van der Waals surface area contributed by atoms with E-state index in [4.69, 9.17) is 0 Å². The van der Waals surface area contributed by atoms with E-state index in [0.29, 0.717) is 12.3 Å². The van der Waals surface area contributed by atoms with Gasteiger partial charge in [-0.3, -0.25) is 14.7 Å². The van der Waals surface area contributed by atoms with Crippen LogP contribution in [0.3, 0.4) is 0 Å². The van der Waals surface area contributed by atoms with E-state index < -0.39 is 0 Å². The van der Waals surface area contributed by atoms with Crippen molar-refractivity contribution in [1.82, 2.24) is 15.2 Å². The van der Waals surface area contributed by atoms with Gasteiger partial charge < -0.3 is 5.32 Å². The third kappa shape index (κ3) is 4.09. The van der Waals surface area contributed by atoms with Crippen LogP contribution in [0.2, 0.25) is 0 Å². The van der Waals surface area contributed by atoms with Gasteiger partial charge in [-0.15, -0.1) is 0 Å². The number of benzene rings is 1. The first-order valence-corrected chi connectivity index (χ1v) is 11.2. The zero-order chi connectivity index (χ0) is 19.7. The number of carbonyl (C=O) groups excluding carboxylic acids is 1. The lowest BCUT2D eigenvalue weighted by atomic mass is 9.73. The maximum Gasteiger partial charge on any atom is 0.220 e. The van der Waals surface area contributed by atoms with Gasteiger partial charge in [-0.25, -0.2) is 0 Å². The van der Waals surface area contributed by atoms with Crippen LogP contribution in [0.25, 0.3) is 0 Å². The SMILES string of the molecule is O=C(C[C@@H]1CC2(CCN(Cc3cccnc3)CC2)c2ccccc21)NCC1CC1. The Labute approximate surface area is 173 Å². The van der Waals surface area contributed by atoms with E-state index in [9.17, 15) is 4.79 Å². The van der Waals surface area contributed by atoms with E-state index >= 15 is 0 Å². The van der Waals surface area contributed by atoms with Gasteiger partial charge in [0.05, 0.1) is 0 Å². The molecule has 0 unspecified atom stereocenters. The molecule has 1 saturated carbocycles. The summed E-state index contributed by atoms with van der Waals surface area (Å²) in [6.45, 7) is 4.09. The number of rotatable bonds is 6. The van der Waals surface area contributed by atoms with Gasteiger partial charge in [-0.05, 0) is 85.2 Å². The molecule has 5 rings (SSSR count). The Hall–Kier alpha value is -2.20. The number of pyridine rings is 1. The van der Waals surface area contributed by atoms with E-state index in [1.54, 1.807) is 0 Å². The molecule has 1 aliphatic heterocycles. The number of piperidine rings is 1. The Morgan fingerprint density at radius 1 is 1.14 bits per heavy atom. The monoisotopic (exact) mass is 389 g/mol. The summed E-state index contributed by atoms with van der Waals surface area (Å²) >= 11 is 0. The van der Waals surface area contributed by atoms with Crippen molar-refractivity contribution < 1.29 is 4.79 Å². The number of fused-ring (bicyclic) bond motifs is 2. The molecule has 1 aromatic carbocycles. The molecule has 1 atom stereocenters. The van der Waals surface area contributed by atoms with Gasteiger partial charge in [-0.2, -0.15) is 0 Å². The maximum absolute atomic E-state index is 12.5. The zero-order valence-electron chi connectivity index (χ0n) is 17.1. The van der Waals surface area contributed by atoms with Crippen molar-refractivity contribution in [2.45, 2.75) is 56.4 Å². The minimum Gasteiger partial charge on any atom is -0.356 e. The Balaban J connectivity index is 1.25. The average molecular weight is 390 g/mol. The molecular weight excluding hydrogens is 358 g/mol. The van der Waals surface area contributed by atoms with E-state index in [1.807, 2.05) is 18.5 Å². The van der Waals surface area contributed by atoms with E-state index in [-0.39, 0.29) is 11.3 Å². The fraction of sp³-hybridized carbons (Fsp3) is 0.520. The van der Waals surface area contributed by atoms with Gasteiger partial charge in [0.1, 0.15) is 0 Å². The third-order valence-electron chi connectivity index (χ3n) is 7.27. The standard InChI is InChI=1S/C25H31N3O/c29-24(27-17-19-7-8-19)14-21-15-25(23-6-2-1-5-22(21)23)9-12-28(13-10-25)18-20-4-3-11-26-16-20/h1-6,11,16,19,21H,7-10,12-15,17-18H2,(H,27,29)/t21-/m1/s1. The summed E-state index contributed by atoms with van der Waals surface area (Å²) in [6.07, 6.45) is 10.5. The number of hydrogen-bond acceptors (Lipinski definition) is 3. The van der Waals surface area contributed by atoms with Crippen LogP contribution < -0.4 is 5.32 Å². The molecule has 4 heteroatoms. The molecular formula is C25H31N3O. The number of aromatic nitrogens is 1. The van der Waals surface area contributed by atoms with Crippen molar-refractivity contribution in [3.8, 4) is 0 Å². The van der Waals surface area contributed by atoms with Crippen molar-refractivity contribution in [2.75, 3.05) is 19.6 Å². The van der Waals surface area contributed by atoms with Crippen LogP contribution in [0.5, 0.6) is 0 Å². The van der Waals surface area contributed by atoms with Crippen molar-refractivity contribution in [1.29, 1.82) is 0 Å². The van der Waals surface area contributed by atoms with E-state index in [2.05, 4.69) is 45.5 Å². The fourth-order valence-electron chi connectivity index (χ4n) is 5.45. The van der Waals surface area contributed by atoms with Crippen LogP contribution >= 0.6 is 0 Å². The Morgan fingerprint density at radius 2 is 1.97 bits per heavy atom. The Bertz CT molecular complexity index is 853. The maximum atomic E-state index is 12.5. The quantitative estimate of drug-likeness (QED) is 0.812. The molecule has 2 fully saturated rings. The van der Waals surface area contributed by atoms with Crippen LogP contribution in [0.15, 0.2) is 48.8 Å². The molecule has 29 heavy (non-hydrogen) atoms. The first kappa shape index (κ1) is 18.8. The summed E-state index contributed by atoms with van der Waals surface area (Å²) in [7, 11) is 0. The Kier molecular flexibility index (Phi) is 5.13. The average Bonchev–Trinajstić information content (AvgIpc) is 3.54. The number of likely N-dealkylation sites (tertiary alicyclic amines) is 1. The lowest BCUT2D eigenvalue weighted by Gasteiger charge is -2.40. The summed E-state index contributed by atoms with van der Waals surface area (Å²) in [5, 5.41) is 3.17. The van der Waals surface area contributed by atoms with Crippen LogP contribution in [0.4, 0.5) is 0 Å². The predicted molar refractivity (Wildman–Crippen MR) is 115 cm³/mol.